The molecule has 0 aromatic heterocycles. The van der Waals surface area contributed by atoms with Crippen molar-refractivity contribution in [1.29, 1.82) is 0 Å². The van der Waals surface area contributed by atoms with Crippen LogP contribution in [-0.2, 0) is 4.79 Å². The topological polar surface area (TPSA) is 41.1 Å². The Balaban J connectivity index is 2.00. The maximum atomic E-state index is 11.5. The molecule has 0 aromatic carbocycles. The zero-order valence-corrected chi connectivity index (χ0v) is 9.03. The first kappa shape index (κ1) is 11.4. The highest BCUT2D eigenvalue weighted by Gasteiger charge is 2.20. The van der Waals surface area contributed by atoms with Crippen molar-refractivity contribution >= 4 is 17.7 Å². The van der Waals surface area contributed by atoms with Gasteiger partial charge in [0.1, 0.15) is 0 Å². The van der Waals surface area contributed by atoms with E-state index < -0.39 is 0 Å². The molecule has 1 atom stereocenters. The van der Waals surface area contributed by atoms with E-state index in [0.29, 0.717) is 6.54 Å². The molecule has 1 fully saturated rings. The fraction of sp³-hybridized carbons (Fsp3) is 0.700. The van der Waals surface area contributed by atoms with Gasteiger partial charge in [0.25, 0.3) is 0 Å². The third-order valence-corrected chi connectivity index (χ3v) is 2.97. The minimum Gasteiger partial charge on any atom is -0.354 e. The monoisotopic (exact) mass is 212 g/mol. The second-order valence-electron chi connectivity index (χ2n) is 3.20. The van der Waals surface area contributed by atoms with Crippen molar-refractivity contribution < 1.29 is 4.79 Å². The molecule has 0 bridgehead atoms. The van der Waals surface area contributed by atoms with Crippen molar-refractivity contribution in [3.8, 4) is 12.3 Å². The van der Waals surface area contributed by atoms with Crippen LogP contribution in [0.5, 0.6) is 0 Å². The number of nitrogens with one attached hydrogen (secondary N) is 2. The number of rotatable bonds is 5. The summed E-state index contributed by atoms with van der Waals surface area (Å²) >= 11 is 1.67. The van der Waals surface area contributed by atoms with Gasteiger partial charge in [-0.2, -0.15) is 0 Å². The summed E-state index contributed by atoms with van der Waals surface area (Å²) in [5.41, 5.74) is 0. The van der Waals surface area contributed by atoms with Gasteiger partial charge in [0.2, 0.25) is 5.91 Å². The lowest BCUT2D eigenvalue weighted by Gasteiger charge is -2.10. The van der Waals surface area contributed by atoms with E-state index in [1.807, 2.05) is 0 Å². The first-order valence-corrected chi connectivity index (χ1v) is 6.02. The van der Waals surface area contributed by atoms with E-state index in [1.54, 1.807) is 11.8 Å². The summed E-state index contributed by atoms with van der Waals surface area (Å²) in [6, 6.07) is 0.0348. The molecule has 1 saturated heterocycles. The van der Waals surface area contributed by atoms with Crippen LogP contribution in [0.2, 0.25) is 0 Å². The third-order valence-electron chi connectivity index (χ3n) is 2.11. The Hall–Kier alpha value is -0.660. The lowest BCUT2D eigenvalue weighted by atomic mass is 10.2. The number of terminal acetylenes is 1. The minimum absolute atomic E-state index is 0.0348. The van der Waals surface area contributed by atoms with E-state index in [2.05, 4.69) is 16.6 Å². The van der Waals surface area contributed by atoms with Crippen LogP contribution in [0.25, 0.3) is 0 Å². The highest BCUT2D eigenvalue weighted by atomic mass is 32.2. The van der Waals surface area contributed by atoms with Gasteiger partial charge in [-0.3, -0.25) is 4.79 Å². The van der Waals surface area contributed by atoms with Gasteiger partial charge in [0, 0.05) is 12.3 Å². The molecule has 78 valence electrons. The van der Waals surface area contributed by atoms with Crippen LogP contribution in [0.1, 0.15) is 12.8 Å². The van der Waals surface area contributed by atoms with Crippen LogP contribution < -0.4 is 10.6 Å². The summed E-state index contributed by atoms with van der Waals surface area (Å²) in [5, 5.41) is 6.05. The van der Waals surface area contributed by atoms with Crippen molar-refractivity contribution in [2.75, 3.05) is 24.6 Å². The van der Waals surface area contributed by atoms with Crippen LogP contribution in [0.3, 0.4) is 0 Å². The highest BCUT2D eigenvalue weighted by Crippen LogP contribution is 2.04. The molecule has 4 heteroatoms. The molecule has 0 saturated carbocycles. The Bertz CT molecular complexity index is 219. The summed E-state index contributed by atoms with van der Waals surface area (Å²) < 4.78 is 0. The molecule has 0 aliphatic carbocycles. The molecular weight excluding hydrogens is 196 g/mol. The number of hydrogen-bond acceptors (Lipinski definition) is 3. The first-order valence-electron chi connectivity index (χ1n) is 4.87. The standard InChI is InChI=1S/C10H16N2OS/c1-2-7-14-8-6-12-10(13)9-4-3-5-11-9/h1,9,11H,3-8H2,(H,12,13)/t9-/m1/s1. The van der Waals surface area contributed by atoms with Gasteiger partial charge in [-0.05, 0) is 19.4 Å². The summed E-state index contributed by atoms with van der Waals surface area (Å²) in [5.74, 6) is 4.29. The van der Waals surface area contributed by atoms with Crippen LogP contribution >= 0.6 is 11.8 Å². The van der Waals surface area contributed by atoms with Gasteiger partial charge in [-0.1, -0.05) is 5.92 Å². The fourth-order valence-electron chi connectivity index (χ4n) is 1.41. The second-order valence-corrected chi connectivity index (χ2v) is 4.30. The Kier molecular flexibility index (Phi) is 5.50. The van der Waals surface area contributed by atoms with Gasteiger partial charge in [-0.15, -0.1) is 18.2 Å². The number of amides is 1. The fourth-order valence-corrected chi connectivity index (χ4v) is 1.92. The molecule has 0 unspecified atom stereocenters. The second kappa shape index (κ2) is 6.74. The van der Waals surface area contributed by atoms with E-state index in [0.717, 1.165) is 30.9 Å². The number of carbonyl (C=O) groups is 1. The molecule has 1 heterocycles. The number of thioether (sulfide) groups is 1. The van der Waals surface area contributed by atoms with E-state index >= 15 is 0 Å². The van der Waals surface area contributed by atoms with Gasteiger partial charge >= 0.3 is 0 Å². The normalized spacial score (nSPS) is 20.4. The molecule has 1 rings (SSSR count). The molecule has 2 N–H and O–H groups in total. The molecule has 14 heavy (non-hydrogen) atoms. The van der Waals surface area contributed by atoms with Gasteiger partial charge in [0.05, 0.1) is 11.8 Å². The largest absolute Gasteiger partial charge is 0.354 e. The van der Waals surface area contributed by atoms with E-state index in [4.69, 9.17) is 6.42 Å². The van der Waals surface area contributed by atoms with Gasteiger partial charge < -0.3 is 10.6 Å². The van der Waals surface area contributed by atoms with E-state index in [1.165, 1.54) is 0 Å². The molecule has 1 amide bonds. The summed E-state index contributed by atoms with van der Waals surface area (Å²) in [7, 11) is 0. The lowest BCUT2D eigenvalue weighted by molar-refractivity contribution is -0.122. The Labute approximate surface area is 89.4 Å². The van der Waals surface area contributed by atoms with Crippen LogP contribution in [0, 0.1) is 12.3 Å². The van der Waals surface area contributed by atoms with Crippen molar-refractivity contribution in [1.82, 2.24) is 10.6 Å². The van der Waals surface area contributed by atoms with Gasteiger partial charge in [-0.25, -0.2) is 0 Å². The lowest BCUT2D eigenvalue weighted by Crippen LogP contribution is -2.41. The van der Waals surface area contributed by atoms with Crippen LogP contribution in [-0.4, -0.2) is 36.5 Å². The molecule has 1 aliphatic heterocycles. The molecule has 1 aliphatic rings. The average Bonchev–Trinajstić information content (AvgIpc) is 2.70. The van der Waals surface area contributed by atoms with Crippen molar-refractivity contribution in [3.05, 3.63) is 0 Å². The Morgan fingerprint density at radius 2 is 2.57 bits per heavy atom. The number of hydrogen-bond donors (Lipinski definition) is 2. The summed E-state index contributed by atoms with van der Waals surface area (Å²) in [6.07, 6.45) is 7.16. The molecule has 0 aromatic rings. The minimum atomic E-state index is 0.0348. The average molecular weight is 212 g/mol. The first-order chi connectivity index (χ1) is 6.84. The predicted molar refractivity (Wildman–Crippen MR) is 60.2 cm³/mol. The summed E-state index contributed by atoms with van der Waals surface area (Å²) in [6.45, 7) is 1.67. The zero-order chi connectivity index (χ0) is 10.2. The maximum Gasteiger partial charge on any atom is 0.237 e. The quantitative estimate of drug-likeness (QED) is 0.506. The Morgan fingerprint density at radius 3 is 3.21 bits per heavy atom. The molecular formula is C10H16N2OS. The third kappa shape index (κ3) is 4.03. The summed E-state index contributed by atoms with van der Waals surface area (Å²) in [4.78, 5) is 11.5. The van der Waals surface area contributed by atoms with E-state index in [-0.39, 0.29) is 11.9 Å². The SMILES string of the molecule is C#CCSCCNC(=O)[C@H]1CCCN1. The van der Waals surface area contributed by atoms with Crippen molar-refractivity contribution in [2.24, 2.45) is 0 Å². The van der Waals surface area contributed by atoms with Crippen LogP contribution in [0.4, 0.5) is 0 Å². The van der Waals surface area contributed by atoms with Crippen LogP contribution in [0.15, 0.2) is 0 Å². The molecule has 3 nitrogen and oxygen atoms in total. The predicted octanol–water partition coefficient (Wildman–Crippen LogP) is 0.221. The van der Waals surface area contributed by atoms with Gasteiger partial charge in [0.15, 0.2) is 0 Å². The van der Waals surface area contributed by atoms with Crippen molar-refractivity contribution in [3.63, 3.8) is 0 Å². The van der Waals surface area contributed by atoms with E-state index in [9.17, 15) is 4.79 Å². The number of carbonyl (C=O) groups excluding carboxylic acids is 1. The highest BCUT2D eigenvalue weighted by molar-refractivity contribution is 7.99. The zero-order valence-electron chi connectivity index (χ0n) is 8.21. The molecule has 0 radical (unpaired) electrons. The maximum absolute atomic E-state index is 11.5. The smallest absolute Gasteiger partial charge is 0.237 e. The molecule has 0 spiro atoms. The Morgan fingerprint density at radius 1 is 1.71 bits per heavy atom. The van der Waals surface area contributed by atoms with Crippen molar-refractivity contribution in [2.45, 2.75) is 18.9 Å².